The van der Waals surface area contributed by atoms with Crippen molar-refractivity contribution in [3.63, 3.8) is 0 Å². The molecule has 2 aromatic rings. The van der Waals surface area contributed by atoms with Crippen LogP contribution in [0.3, 0.4) is 0 Å². The van der Waals surface area contributed by atoms with Gasteiger partial charge in [-0.3, -0.25) is 4.79 Å². The largest absolute Gasteiger partial charge is 0.369 e. The van der Waals surface area contributed by atoms with Gasteiger partial charge in [-0.25, -0.2) is 15.0 Å². The standard InChI is InChI=1S/C21H29N5O/c1-3-17-18(4-2)25-20-19(24-17)10-16(12-22-20)26-9-5-6-15(13-26)21(27)23-11-14-7-8-14/h10,12,14-15H,3-9,11,13H2,1-2H3,(H,23,27)/t15-/m0/s1. The lowest BCUT2D eigenvalue weighted by atomic mass is 9.96. The van der Waals surface area contributed by atoms with E-state index >= 15 is 0 Å². The topological polar surface area (TPSA) is 71.0 Å². The average Bonchev–Trinajstić information content (AvgIpc) is 3.55. The average molecular weight is 367 g/mol. The van der Waals surface area contributed by atoms with Crippen molar-refractivity contribution in [2.24, 2.45) is 11.8 Å². The molecule has 3 heterocycles. The highest BCUT2D eigenvalue weighted by Crippen LogP contribution is 2.28. The number of fused-ring (bicyclic) bond motifs is 1. The number of rotatable bonds is 6. The number of aromatic nitrogens is 3. The van der Waals surface area contributed by atoms with Crippen LogP contribution in [0.1, 0.15) is 50.9 Å². The lowest BCUT2D eigenvalue weighted by Crippen LogP contribution is -2.43. The smallest absolute Gasteiger partial charge is 0.224 e. The summed E-state index contributed by atoms with van der Waals surface area (Å²) in [6, 6.07) is 2.08. The second-order valence-electron chi connectivity index (χ2n) is 7.83. The number of aryl methyl sites for hydroxylation is 2. The van der Waals surface area contributed by atoms with Crippen molar-refractivity contribution in [1.29, 1.82) is 0 Å². The zero-order valence-electron chi connectivity index (χ0n) is 16.4. The molecule has 1 saturated heterocycles. The molecule has 2 aromatic heterocycles. The summed E-state index contributed by atoms with van der Waals surface area (Å²) in [5, 5.41) is 3.14. The highest BCUT2D eigenvalue weighted by molar-refractivity contribution is 5.80. The zero-order chi connectivity index (χ0) is 18.8. The van der Waals surface area contributed by atoms with Gasteiger partial charge in [0.05, 0.1) is 29.2 Å². The molecule has 0 unspecified atom stereocenters. The zero-order valence-corrected chi connectivity index (χ0v) is 16.4. The van der Waals surface area contributed by atoms with Crippen LogP contribution in [0.25, 0.3) is 11.2 Å². The summed E-state index contributed by atoms with van der Waals surface area (Å²) < 4.78 is 0. The van der Waals surface area contributed by atoms with E-state index in [4.69, 9.17) is 4.98 Å². The van der Waals surface area contributed by atoms with E-state index < -0.39 is 0 Å². The first kappa shape index (κ1) is 18.1. The summed E-state index contributed by atoms with van der Waals surface area (Å²) in [5.74, 6) is 0.992. The molecule has 1 atom stereocenters. The van der Waals surface area contributed by atoms with Gasteiger partial charge in [0.15, 0.2) is 5.65 Å². The van der Waals surface area contributed by atoms with E-state index in [1.54, 1.807) is 0 Å². The Bertz CT molecular complexity index is 833. The van der Waals surface area contributed by atoms with E-state index in [2.05, 4.69) is 40.1 Å². The molecule has 1 N–H and O–H groups in total. The van der Waals surface area contributed by atoms with Crippen LogP contribution in [0.5, 0.6) is 0 Å². The van der Waals surface area contributed by atoms with E-state index in [9.17, 15) is 4.79 Å². The lowest BCUT2D eigenvalue weighted by molar-refractivity contribution is -0.125. The van der Waals surface area contributed by atoms with Crippen molar-refractivity contribution < 1.29 is 4.79 Å². The Hall–Kier alpha value is -2.24. The second kappa shape index (κ2) is 7.79. The van der Waals surface area contributed by atoms with Gasteiger partial charge in [0.1, 0.15) is 5.52 Å². The fourth-order valence-electron chi connectivity index (χ4n) is 3.88. The number of anilines is 1. The predicted molar refractivity (Wildman–Crippen MR) is 107 cm³/mol. The van der Waals surface area contributed by atoms with Gasteiger partial charge in [-0.2, -0.15) is 0 Å². The first-order valence-electron chi connectivity index (χ1n) is 10.4. The molecule has 6 heteroatoms. The van der Waals surface area contributed by atoms with Gasteiger partial charge in [0.2, 0.25) is 5.91 Å². The van der Waals surface area contributed by atoms with Crippen LogP contribution in [0, 0.1) is 11.8 Å². The molecule has 0 aromatic carbocycles. The number of nitrogens with one attached hydrogen (secondary N) is 1. The number of amides is 1. The Morgan fingerprint density at radius 1 is 1.19 bits per heavy atom. The lowest BCUT2D eigenvalue weighted by Gasteiger charge is -2.33. The maximum atomic E-state index is 12.5. The summed E-state index contributed by atoms with van der Waals surface area (Å²) in [6.45, 7) is 6.78. The van der Waals surface area contributed by atoms with Crippen LogP contribution < -0.4 is 10.2 Å². The number of hydrogen-bond acceptors (Lipinski definition) is 5. The third kappa shape index (κ3) is 4.04. The Balaban J connectivity index is 1.51. The number of nitrogens with zero attached hydrogens (tertiary/aromatic N) is 4. The van der Waals surface area contributed by atoms with Crippen molar-refractivity contribution in [3.8, 4) is 0 Å². The molecule has 0 spiro atoms. The number of pyridine rings is 1. The number of piperidine rings is 1. The van der Waals surface area contributed by atoms with Crippen molar-refractivity contribution in [3.05, 3.63) is 23.7 Å². The number of hydrogen-bond donors (Lipinski definition) is 1. The van der Waals surface area contributed by atoms with Crippen LogP contribution in [0.2, 0.25) is 0 Å². The number of carbonyl (C=O) groups is 1. The van der Waals surface area contributed by atoms with E-state index in [1.807, 2.05) is 6.20 Å². The highest BCUT2D eigenvalue weighted by Gasteiger charge is 2.28. The molecule has 1 aliphatic carbocycles. The minimum Gasteiger partial charge on any atom is -0.369 e. The first-order valence-corrected chi connectivity index (χ1v) is 10.4. The molecule has 0 bridgehead atoms. The molecule has 1 aliphatic heterocycles. The van der Waals surface area contributed by atoms with Gasteiger partial charge in [0.25, 0.3) is 0 Å². The van der Waals surface area contributed by atoms with Crippen LogP contribution in [0.15, 0.2) is 12.3 Å². The Morgan fingerprint density at radius 3 is 2.70 bits per heavy atom. The van der Waals surface area contributed by atoms with E-state index in [-0.39, 0.29) is 11.8 Å². The maximum Gasteiger partial charge on any atom is 0.224 e. The molecule has 144 valence electrons. The van der Waals surface area contributed by atoms with Crippen LogP contribution in [0.4, 0.5) is 5.69 Å². The molecule has 0 radical (unpaired) electrons. The maximum absolute atomic E-state index is 12.5. The SMILES string of the molecule is CCc1nc2cc(N3CCC[C@H](C(=O)NCC4CC4)C3)cnc2nc1CC. The van der Waals surface area contributed by atoms with Gasteiger partial charge in [-0.1, -0.05) is 13.8 Å². The predicted octanol–water partition coefficient (Wildman–Crippen LogP) is 2.89. The van der Waals surface area contributed by atoms with Crippen molar-refractivity contribution in [2.45, 2.75) is 52.4 Å². The van der Waals surface area contributed by atoms with Crippen molar-refractivity contribution in [1.82, 2.24) is 20.3 Å². The van der Waals surface area contributed by atoms with Crippen molar-refractivity contribution in [2.75, 3.05) is 24.5 Å². The van der Waals surface area contributed by atoms with Crippen molar-refractivity contribution >= 4 is 22.8 Å². The Kier molecular flexibility index (Phi) is 5.23. The Morgan fingerprint density at radius 2 is 1.96 bits per heavy atom. The molecule has 4 rings (SSSR count). The van der Waals surface area contributed by atoms with Gasteiger partial charge >= 0.3 is 0 Å². The monoisotopic (exact) mass is 367 g/mol. The molecular formula is C21H29N5O. The van der Waals surface area contributed by atoms with E-state index in [0.29, 0.717) is 5.65 Å². The quantitative estimate of drug-likeness (QED) is 0.850. The van der Waals surface area contributed by atoms with Gasteiger partial charge in [-0.05, 0) is 50.5 Å². The molecular weight excluding hydrogens is 338 g/mol. The van der Waals surface area contributed by atoms with Crippen LogP contribution in [-0.4, -0.2) is 40.5 Å². The normalized spacial score (nSPS) is 20.1. The van der Waals surface area contributed by atoms with Gasteiger partial charge in [0, 0.05) is 19.6 Å². The fourth-order valence-corrected chi connectivity index (χ4v) is 3.88. The first-order chi connectivity index (χ1) is 13.2. The van der Waals surface area contributed by atoms with E-state index in [0.717, 1.165) is 73.8 Å². The molecule has 1 amide bonds. The summed E-state index contributed by atoms with van der Waals surface area (Å²) in [4.78, 5) is 28.8. The minimum atomic E-state index is 0.0629. The summed E-state index contributed by atoms with van der Waals surface area (Å²) >= 11 is 0. The van der Waals surface area contributed by atoms with Crippen LogP contribution in [-0.2, 0) is 17.6 Å². The summed E-state index contributed by atoms with van der Waals surface area (Å²) in [6.07, 6.45) is 8.16. The van der Waals surface area contributed by atoms with Crippen LogP contribution >= 0.6 is 0 Å². The van der Waals surface area contributed by atoms with Gasteiger partial charge in [-0.15, -0.1) is 0 Å². The highest BCUT2D eigenvalue weighted by atomic mass is 16.1. The molecule has 1 saturated carbocycles. The molecule has 6 nitrogen and oxygen atoms in total. The van der Waals surface area contributed by atoms with E-state index in [1.165, 1.54) is 12.8 Å². The Labute approximate surface area is 160 Å². The summed E-state index contributed by atoms with van der Waals surface area (Å²) in [7, 11) is 0. The molecule has 2 fully saturated rings. The summed E-state index contributed by atoms with van der Waals surface area (Å²) in [5.41, 5.74) is 4.70. The molecule has 2 aliphatic rings. The third-order valence-corrected chi connectivity index (χ3v) is 5.75. The fraction of sp³-hybridized carbons (Fsp3) is 0.619. The molecule has 27 heavy (non-hydrogen) atoms. The third-order valence-electron chi connectivity index (χ3n) is 5.75. The second-order valence-corrected chi connectivity index (χ2v) is 7.83. The number of carbonyl (C=O) groups excluding carboxylic acids is 1. The van der Waals surface area contributed by atoms with Gasteiger partial charge < -0.3 is 10.2 Å². The minimum absolute atomic E-state index is 0.0629.